The normalized spacial score (nSPS) is 22.0. The summed E-state index contributed by atoms with van der Waals surface area (Å²) in [6.07, 6.45) is 2.28. The smallest absolute Gasteiger partial charge is 0.0740 e. The molecule has 0 radical (unpaired) electrons. The van der Waals surface area contributed by atoms with E-state index in [-0.39, 0.29) is 0 Å². The number of hydrazine groups is 1. The van der Waals surface area contributed by atoms with Crippen molar-refractivity contribution in [3.63, 3.8) is 0 Å². The second-order valence-corrected chi connectivity index (χ2v) is 4.82. The van der Waals surface area contributed by atoms with E-state index in [0.717, 1.165) is 4.47 Å². The molecule has 0 saturated carbocycles. The van der Waals surface area contributed by atoms with Crippen LogP contribution < -0.4 is 0 Å². The van der Waals surface area contributed by atoms with E-state index in [1.165, 1.54) is 11.3 Å². The van der Waals surface area contributed by atoms with Crippen molar-refractivity contribution in [2.45, 2.75) is 13.0 Å². The molecule has 3 heteroatoms. The van der Waals surface area contributed by atoms with Gasteiger partial charge >= 0.3 is 0 Å². The molecule has 0 aliphatic carbocycles. The number of nitrogens with zero attached hydrogens (tertiary/aromatic N) is 2. The predicted octanol–water partition coefficient (Wildman–Crippen LogP) is 3.19. The third-order valence-corrected chi connectivity index (χ3v) is 3.53. The minimum atomic E-state index is 0.364. The molecule has 2 rings (SSSR count). The highest BCUT2D eigenvalue weighted by molar-refractivity contribution is 9.10. The second kappa shape index (κ2) is 3.99. The van der Waals surface area contributed by atoms with E-state index in [9.17, 15) is 0 Å². The van der Waals surface area contributed by atoms with Crippen molar-refractivity contribution in [1.29, 1.82) is 0 Å². The standard InChI is InChI=1S/C12H15BrN2/c1-9-8-12(15(3)14(9)2)10-4-6-11(13)7-5-10/h4-8,12H,1-3H3. The Balaban J connectivity index is 2.29. The van der Waals surface area contributed by atoms with Crippen LogP contribution in [0.2, 0.25) is 0 Å². The molecule has 0 spiro atoms. The van der Waals surface area contributed by atoms with Gasteiger partial charge in [-0.25, -0.2) is 5.01 Å². The Labute approximate surface area is 99.3 Å². The van der Waals surface area contributed by atoms with E-state index in [4.69, 9.17) is 0 Å². The summed E-state index contributed by atoms with van der Waals surface area (Å²) in [6.45, 7) is 2.13. The molecule has 1 heterocycles. The number of likely N-dealkylation sites (N-methyl/N-ethyl adjacent to an activating group) is 1. The van der Waals surface area contributed by atoms with Gasteiger partial charge in [-0.15, -0.1) is 0 Å². The number of hydrogen-bond acceptors (Lipinski definition) is 2. The van der Waals surface area contributed by atoms with Gasteiger partial charge in [0.1, 0.15) is 0 Å². The first kappa shape index (κ1) is 10.7. The average Bonchev–Trinajstić information content (AvgIpc) is 2.47. The van der Waals surface area contributed by atoms with Gasteiger partial charge in [0, 0.05) is 24.3 Å². The van der Waals surface area contributed by atoms with E-state index in [0.29, 0.717) is 6.04 Å². The highest BCUT2D eigenvalue weighted by atomic mass is 79.9. The zero-order chi connectivity index (χ0) is 11.0. The summed E-state index contributed by atoms with van der Waals surface area (Å²) in [5.41, 5.74) is 2.62. The zero-order valence-electron chi connectivity index (χ0n) is 9.24. The van der Waals surface area contributed by atoms with Gasteiger partial charge in [-0.05, 0) is 30.7 Å². The van der Waals surface area contributed by atoms with Crippen molar-refractivity contribution < 1.29 is 0 Å². The fraction of sp³-hybridized carbons (Fsp3) is 0.333. The molecule has 0 aromatic heterocycles. The van der Waals surface area contributed by atoms with E-state index < -0.39 is 0 Å². The quantitative estimate of drug-likeness (QED) is 0.771. The molecule has 1 aromatic carbocycles. The molecule has 1 aromatic rings. The lowest BCUT2D eigenvalue weighted by molar-refractivity contribution is 0.0624. The number of benzene rings is 1. The largest absolute Gasteiger partial charge is 0.313 e. The van der Waals surface area contributed by atoms with Gasteiger partial charge in [-0.2, -0.15) is 0 Å². The lowest BCUT2D eigenvalue weighted by atomic mass is 10.1. The van der Waals surface area contributed by atoms with Crippen LogP contribution in [0.25, 0.3) is 0 Å². The van der Waals surface area contributed by atoms with E-state index in [1.54, 1.807) is 0 Å². The van der Waals surface area contributed by atoms with Gasteiger partial charge in [0.25, 0.3) is 0 Å². The molecule has 1 aliphatic rings. The van der Waals surface area contributed by atoms with Gasteiger partial charge in [-0.3, -0.25) is 0 Å². The minimum absolute atomic E-state index is 0.364. The Kier molecular flexibility index (Phi) is 2.85. The molecule has 1 aliphatic heterocycles. The third-order valence-electron chi connectivity index (χ3n) is 3.00. The SMILES string of the molecule is CC1=CC(c2ccc(Br)cc2)N(C)N1C. The first-order valence-electron chi connectivity index (χ1n) is 5.00. The molecule has 0 amide bonds. The van der Waals surface area contributed by atoms with E-state index in [1.807, 2.05) is 0 Å². The van der Waals surface area contributed by atoms with Crippen molar-refractivity contribution in [2.75, 3.05) is 14.1 Å². The third kappa shape index (κ3) is 1.94. The predicted molar refractivity (Wildman–Crippen MR) is 66.2 cm³/mol. The monoisotopic (exact) mass is 266 g/mol. The molecule has 80 valence electrons. The lowest BCUT2D eigenvalue weighted by Gasteiger charge is -2.28. The van der Waals surface area contributed by atoms with Crippen LogP contribution in [0.4, 0.5) is 0 Å². The summed E-state index contributed by atoms with van der Waals surface area (Å²) in [4.78, 5) is 0. The van der Waals surface area contributed by atoms with Crippen molar-refractivity contribution in [2.24, 2.45) is 0 Å². The molecule has 0 N–H and O–H groups in total. The van der Waals surface area contributed by atoms with Crippen LogP contribution >= 0.6 is 15.9 Å². The van der Waals surface area contributed by atoms with Crippen molar-refractivity contribution in [1.82, 2.24) is 10.0 Å². The fourth-order valence-corrected chi connectivity index (χ4v) is 2.12. The van der Waals surface area contributed by atoms with Crippen molar-refractivity contribution in [3.05, 3.63) is 46.1 Å². The Bertz CT molecular complexity index is 383. The zero-order valence-corrected chi connectivity index (χ0v) is 10.8. The highest BCUT2D eigenvalue weighted by Crippen LogP contribution is 2.31. The summed E-state index contributed by atoms with van der Waals surface area (Å²) >= 11 is 3.45. The van der Waals surface area contributed by atoms with Crippen molar-refractivity contribution >= 4 is 15.9 Å². The van der Waals surface area contributed by atoms with E-state index in [2.05, 4.69) is 77.3 Å². The lowest BCUT2D eigenvalue weighted by Crippen LogP contribution is -2.31. The maximum Gasteiger partial charge on any atom is 0.0740 e. The summed E-state index contributed by atoms with van der Waals surface area (Å²) < 4.78 is 1.13. The number of hydrogen-bond donors (Lipinski definition) is 0. The highest BCUT2D eigenvalue weighted by Gasteiger charge is 2.24. The summed E-state index contributed by atoms with van der Waals surface area (Å²) in [5.74, 6) is 0. The van der Waals surface area contributed by atoms with Crippen molar-refractivity contribution in [3.8, 4) is 0 Å². The number of allylic oxidation sites excluding steroid dienone is 1. The maximum atomic E-state index is 3.45. The molecule has 0 saturated heterocycles. The first-order valence-corrected chi connectivity index (χ1v) is 5.79. The molecule has 1 atom stereocenters. The Hall–Kier alpha value is -0.800. The van der Waals surface area contributed by atoms with Crippen LogP contribution in [-0.2, 0) is 0 Å². The van der Waals surface area contributed by atoms with Crippen LogP contribution in [0, 0.1) is 0 Å². The van der Waals surface area contributed by atoms with Gasteiger partial charge in [0.05, 0.1) is 6.04 Å². The average molecular weight is 267 g/mol. The second-order valence-electron chi connectivity index (χ2n) is 3.90. The van der Waals surface area contributed by atoms with Gasteiger partial charge in [-0.1, -0.05) is 28.1 Å². The molecule has 2 nitrogen and oxygen atoms in total. The summed E-state index contributed by atoms with van der Waals surface area (Å²) in [6, 6.07) is 8.86. The van der Waals surface area contributed by atoms with Crippen LogP contribution in [0.15, 0.2) is 40.5 Å². The van der Waals surface area contributed by atoms with E-state index >= 15 is 0 Å². The Morgan fingerprint density at radius 1 is 1.13 bits per heavy atom. The number of halogens is 1. The minimum Gasteiger partial charge on any atom is -0.313 e. The van der Waals surface area contributed by atoms with Crippen LogP contribution in [0.3, 0.4) is 0 Å². The number of rotatable bonds is 1. The maximum absolute atomic E-state index is 3.45. The van der Waals surface area contributed by atoms with Gasteiger partial charge in [0.15, 0.2) is 0 Å². The molecular weight excluding hydrogens is 252 g/mol. The van der Waals surface area contributed by atoms with Crippen LogP contribution in [0.1, 0.15) is 18.5 Å². The molecule has 1 unspecified atom stereocenters. The molecular formula is C12H15BrN2. The fourth-order valence-electron chi connectivity index (χ4n) is 1.85. The molecule has 0 fully saturated rings. The Morgan fingerprint density at radius 2 is 1.73 bits per heavy atom. The molecule has 0 bridgehead atoms. The first-order chi connectivity index (χ1) is 7.09. The summed E-state index contributed by atoms with van der Waals surface area (Å²) in [7, 11) is 4.20. The van der Waals surface area contributed by atoms with Crippen LogP contribution in [-0.4, -0.2) is 24.1 Å². The van der Waals surface area contributed by atoms with Gasteiger partial charge in [0.2, 0.25) is 0 Å². The summed E-state index contributed by atoms with van der Waals surface area (Å²) in [5, 5.41) is 4.41. The van der Waals surface area contributed by atoms with Crippen LogP contribution in [0.5, 0.6) is 0 Å². The molecule has 15 heavy (non-hydrogen) atoms. The topological polar surface area (TPSA) is 6.48 Å². The Morgan fingerprint density at radius 3 is 2.20 bits per heavy atom. The van der Waals surface area contributed by atoms with Gasteiger partial charge < -0.3 is 5.01 Å².